The summed E-state index contributed by atoms with van der Waals surface area (Å²) in [5.41, 5.74) is 5.67. The zero-order chi connectivity index (χ0) is 11.0. The molecule has 0 heterocycles. The lowest BCUT2D eigenvalue weighted by Gasteiger charge is -2.16. The Morgan fingerprint density at radius 1 is 1.50 bits per heavy atom. The molecular formula is C9H22N2O2S. The zero-order valence-corrected chi connectivity index (χ0v) is 10.2. The van der Waals surface area contributed by atoms with Crippen LogP contribution in [0.3, 0.4) is 0 Å². The quantitative estimate of drug-likeness (QED) is 0.476. The molecule has 0 amide bonds. The summed E-state index contributed by atoms with van der Waals surface area (Å²) in [6.45, 7) is 3.29. The molecule has 2 atom stereocenters. The molecule has 2 N–H and O–H groups in total. The molecule has 0 aliphatic heterocycles. The lowest BCUT2D eigenvalue weighted by Crippen LogP contribution is -2.27. The first kappa shape index (κ1) is 14.2. The Hall–Kier alpha value is 0.190. The maximum atomic E-state index is 11.3. The first-order chi connectivity index (χ1) is 6.57. The molecule has 0 fully saturated rings. The first-order valence-electron chi connectivity index (χ1n) is 4.97. The Kier molecular flexibility index (Phi) is 8.61. The van der Waals surface area contributed by atoms with E-state index in [2.05, 4.69) is 0 Å². The summed E-state index contributed by atoms with van der Waals surface area (Å²) in [5.74, 6) is 0.661. The van der Waals surface area contributed by atoms with Gasteiger partial charge in [-0.2, -0.15) is 0 Å². The third kappa shape index (κ3) is 7.58. The van der Waals surface area contributed by atoms with Crippen molar-refractivity contribution in [2.45, 2.75) is 25.8 Å². The van der Waals surface area contributed by atoms with Crippen molar-refractivity contribution < 1.29 is 9.29 Å². The van der Waals surface area contributed by atoms with Gasteiger partial charge in [-0.3, -0.25) is 0 Å². The minimum absolute atomic E-state index is 0.134. The molecule has 5 heteroatoms. The van der Waals surface area contributed by atoms with Crippen LogP contribution in [0.15, 0.2) is 0 Å². The van der Waals surface area contributed by atoms with Gasteiger partial charge in [-0.1, -0.05) is 6.92 Å². The van der Waals surface area contributed by atoms with Gasteiger partial charge in [0.05, 0.1) is 13.2 Å². The van der Waals surface area contributed by atoms with Crippen LogP contribution in [0.5, 0.6) is 0 Å². The highest BCUT2D eigenvalue weighted by molar-refractivity contribution is 7.89. The van der Waals surface area contributed by atoms with E-state index in [0.29, 0.717) is 19.0 Å². The summed E-state index contributed by atoms with van der Waals surface area (Å²) >= 11 is -0.866. The molecule has 0 aromatic carbocycles. The molecule has 0 aromatic rings. The van der Waals surface area contributed by atoms with Crippen molar-refractivity contribution in [2.75, 3.05) is 33.1 Å². The second kappa shape index (κ2) is 8.49. The number of hydrogen-bond acceptors (Lipinski definition) is 4. The topological polar surface area (TPSA) is 61.6 Å². The van der Waals surface area contributed by atoms with Crippen molar-refractivity contribution >= 4 is 11.4 Å². The van der Waals surface area contributed by atoms with E-state index in [1.165, 1.54) is 0 Å². The minimum atomic E-state index is -0.866. The van der Waals surface area contributed by atoms with Crippen LogP contribution in [0.25, 0.3) is 0 Å². The van der Waals surface area contributed by atoms with Gasteiger partial charge in [0.1, 0.15) is 5.75 Å². The smallest absolute Gasteiger partial charge is 0.128 e. The summed E-state index contributed by atoms with van der Waals surface area (Å²) < 4.78 is 18.3. The molecule has 14 heavy (non-hydrogen) atoms. The van der Waals surface area contributed by atoms with E-state index in [9.17, 15) is 4.55 Å². The van der Waals surface area contributed by atoms with Gasteiger partial charge in [-0.15, -0.1) is 4.31 Å². The van der Waals surface area contributed by atoms with Crippen LogP contribution in [0.4, 0.5) is 0 Å². The Morgan fingerprint density at radius 2 is 2.14 bits per heavy atom. The van der Waals surface area contributed by atoms with Crippen LogP contribution in [-0.2, 0) is 16.1 Å². The van der Waals surface area contributed by atoms with Crippen molar-refractivity contribution in [3.63, 3.8) is 0 Å². The van der Waals surface area contributed by atoms with Gasteiger partial charge in [0.25, 0.3) is 0 Å². The molecule has 0 aliphatic rings. The molecule has 0 aromatic heterocycles. The maximum absolute atomic E-state index is 11.3. The fourth-order valence-electron chi connectivity index (χ4n) is 0.820. The third-order valence-electron chi connectivity index (χ3n) is 1.87. The predicted octanol–water partition coefficient (Wildman–Crippen LogP) is 0.356. The number of hydrogen-bond donors (Lipinski definition) is 1. The number of nitrogens with zero attached hydrogens (tertiary/aromatic N) is 1. The summed E-state index contributed by atoms with van der Waals surface area (Å²) in [4.78, 5) is 0. The van der Waals surface area contributed by atoms with Crippen molar-refractivity contribution in [3.05, 3.63) is 0 Å². The maximum Gasteiger partial charge on any atom is 0.128 e. The molecule has 1 unspecified atom stereocenters. The molecule has 86 valence electrons. The Bertz CT molecular complexity index is 136. The number of rotatable bonds is 8. The van der Waals surface area contributed by atoms with Gasteiger partial charge in [-0.25, -0.2) is 0 Å². The standard InChI is InChI=1S/C9H22N2O2S/c1-4-9(10)8-13-6-5-7-14(12)11(2)3/h9H,4-8,10H2,1-3H3/t9-,14?/m1/s1. The molecule has 0 aliphatic carbocycles. The van der Waals surface area contributed by atoms with Crippen LogP contribution in [0.2, 0.25) is 0 Å². The Balaban J connectivity index is 3.21. The van der Waals surface area contributed by atoms with E-state index < -0.39 is 11.4 Å². The Morgan fingerprint density at radius 3 is 2.64 bits per heavy atom. The Labute approximate surface area is 90.1 Å². The van der Waals surface area contributed by atoms with Crippen molar-refractivity contribution in [1.82, 2.24) is 4.31 Å². The second-order valence-corrected chi connectivity index (χ2v) is 5.22. The van der Waals surface area contributed by atoms with Crippen molar-refractivity contribution in [2.24, 2.45) is 5.73 Å². The van der Waals surface area contributed by atoms with Gasteiger partial charge in [0, 0.05) is 37.9 Å². The highest BCUT2D eigenvalue weighted by Gasteiger charge is 2.08. The lowest BCUT2D eigenvalue weighted by molar-refractivity contribution is 0.120. The van der Waals surface area contributed by atoms with Gasteiger partial charge in [0.15, 0.2) is 0 Å². The lowest BCUT2D eigenvalue weighted by atomic mass is 10.3. The van der Waals surface area contributed by atoms with Crippen LogP contribution < -0.4 is 5.73 Å². The molecule has 0 spiro atoms. The van der Waals surface area contributed by atoms with Crippen molar-refractivity contribution in [3.8, 4) is 0 Å². The first-order valence-corrected chi connectivity index (χ1v) is 6.24. The fourth-order valence-corrected chi connectivity index (χ4v) is 1.55. The van der Waals surface area contributed by atoms with Crippen molar-refractivity contribution in [1.29, 1.82) is 0 Å². The highest BCUT2D eigenvalue weighted by Crippen LogP contribution is 1.98. The van der Waals surface area contributed by atoms with Gasteiger partial charge >= 0.3 is 0 Å². The second-order valence-electron chi connectivity index (χ2n) is 3.43. The van der Waals surface area contributed by atoms with Crippen LogP contribution >= 0.6 is 0 Å². The molecular weight excluding hydrogens is 200 g/mol. The summed E-state index contributed by atoms with van der Waals surface area (Å²) in [6.07, 6.45) is 1.75. The highest BCUT2D eigenvalue weighted by atomic mass is 32.2. The summed E-state index contributed by atoms with van der Waals surface area (Å²) in [6, 6.07) is 0.134. The average Bonchev–Trinajstić information content (AvgIpc) is 2.16. The SMILES string of the molecule is CC[C@@H](N)COCCC[S+]([O-])N(C)C. The summed E-state index contributed by atoms with van der Waals surface area (Å²) in [5, 5.41) is 0. The van der Waals surface area contributed by atoms with Crippen LogP contribution in [0, 0.1) is 0 Å². The monoisotopic (exact) mass is 222 g/mol. The average molecular weight is 222 g/mol. The zero-order valence-electron chi connectivity index (χ0n) is 9.36. The normalized spacial score (nSPS) is 15.9. The van der Waals surface area contributed by atoms with E-state index >= 15 is 0 Å². The minimum Gasteiger partial charge on any atom is -0.598 e. The largest absolute Gasteiger partial charge is 0.598 e. The van der Waals surface area contributed by atoms with E-state index in [-0.39, 0.29) is 6.04 Å². The molecule has 0 radical (unpaired) electrons. The van der Waals surface area contributed by atoms with Crippen LogP contribution in [0.1, 0.15) is 19.8 Å². The van der Waals surface area contributed by atoms with Gasteiger partial charge in [-0.05, 0) is 6.42 Å². The molecule has 4 nitrogen and oxygen atoms in total. The van der Waals surface area contributed by atoms with Crippen LogP contribution in [-0.4, -0.2) is 48.0 Å². The van der Waals surface area contributed by atoms with E-state index in [4.69, 9.17) is 10.5 Å². The third-order valence-corrected chi connectivity index (χ3v) is 3.32. The molecule has 0 saturated heterocycles. The van der Waals surface area contributed by atoms with E-state index in [1.54, 1.807) is 4.31 Å². The van der Waals surface area contributed by atoms with Gasteiger partial charge in [0.2, 0.25) is 0 Å². The van der Waals surface area contributed by atoms with E-state index in [0.717, 1.165) is 12.8 Å². The predicted molar refractivity (Wildman–Crippen MR) is 60.4 cm³/mol. The molecule has 0 bridgehead atoms. The molecule has 0 rings (SSSR count). The summed E-state index contributed by atoms with van der Waals surface area (Å²) in [7, 11) is 3.62. The fraction of sp³-hybridized carbons (Fsp3) is 1.00. The van der Waals surface area contributed by atoms with Gasteiger partial charge < -0.3 is 15.0 Å². The van der Waals surface area contributed by atoms with E-state index in [1.807, 2.05) is 21.0 Å². The number of ether oxygens (including phenoxy) is 1. The number of nitrogens with two attached hydrogens (primary N) is 1. The molecule has 0 saturated carbocycles.